The lowest BCUT2D eigenvalue weighted by atomic mass is 10.2. The van der Waals surface area contributed by atoms with E-state index in [9.17, 15) is 9.18 Å². The first-order valence-corrected chi connectivity index (χ1v) is 2.70. The van der Waals surface area contributed by atoms with Crippen LogP contribution >= 0.6 is 0 Å². The summed E-state index contributed by atoms with van der Waals surface area (Å²) in [5.74, 6) is -0.932. The van der Waals surface area contributed by atoms with Gasteiger partial charge in [-0.15, -0.1) is 0 Å². The van der Waals surface area contributed by atoms with Crippen LogP contribution in [0.2, 0.25) is 0 Å². The molecule has 0 aromatic carbocycles. The summed E-state index contributed by atoms with van der Waals surface area (Å²) in [6.45, 7) is -0.646. The number of carboxylic acid groups (broad SMARTS) is 1. The van der Waals surface area contributed by atoms with Crippen molar-refractivity contribution in [3.8, 4) is 0 Å². The Bertz CT molecular complexity index is 97.0. The molecule has 0 fully saturated rings. The highest BCUT2D eigenvalue weighted by Crippen LogP contribution is 1.93. The largest absolute Gasteiger partial charge is 0.481 e. The zero-order valence-corrected chi connectivity index (χ0v) is 5.01. The Morgan fingerprint density at radius 2 is 2.33 bits per heavy atom. The van der Waals surface area contributed by atoms with Gasteiger partial charge >= 0.3 is 5.97 Å². The standard InChI is InChI=1S/C5H10FNO2/c6-3-4(7)1-2-5(8)9/h4H,1-3,7H2,(H,8,9)/t4-/m0/s1. The maximum absolute atomic E-state index is 11.5. The first kappa shape index (κ1) is 8.36. The van der Waals surface area contributed by atoms with Gasteiger partial charge in [0.25, 0.3) is 0 Å². The maximum Gasteiger partial charge on any atom is 0.303 e. The summed E-state index contributed by atoms with van der Waals surface area (Å²) < 4.78 is 11.5. The molecule has 9 heavy (non-hydrogen) atoms. The molecule has 0 rings (SSSR count). The van der Waals surface area contributed by atoms with Crippen molar-refractivity contribution in [2.45, 2.75) is 18.9 Å². The van der Waals surface area contributed by atoms with Gasteiger partial charge in [-0.1, -0.05) is 0 Å². The maximum atomic E-state index is 11.5. The van der Waals surface area contributed by atoms with Crippen LogP contribution in [0.15, 0.2) is 0 Å². The summed E-state index contributed by atoms with van der Waals surface area (Å²) in [4.78, 5) is 9.84. The van der Waals surface area contributed by atoms with Crippen molar-refractivity contribution < 1.29 is 14.3 Å². The van der Waals surface area contributed by atoms with Crippen molar-refractivity contribution in [3.63, 3.8) is 0 Å². The predicted molar refractivity (Wildman–Crippen MR) is 30.8 cm³/mol. The Kier molecular flexibility index (Phi) is 3.96. The van der Waals surface area contributed by atoms with E-state index in [1.807, 2.05) is 0 Å². The molecule has 0 amide bonds. The summed E-state index contributed by atoms with van der Waals surface area (Å²) in [7, 11) is 0. The highest BCUT2D eigenvalue weighted by molar-refractivity contribution is 5.66. The van der Waals surface area contributed by atoms with Crippen LogP contribution in [-0.4, -0.2) is 23.8 Å². The van der Waals surface area contributed by atoms with Crippen molar-refractivity contribution >= 4 is 5.97 Å². The number of hydrogen-bond donors (Lipinski definition) is 2. The average molecular weight is 135 g/mol. The fourth-order valence-electron chi connectivity index (χ4n) is 0.386. The number of halogens is 1. The van der Waals surface area contributed by atoms with Crippen LogP contribution in [-0.2, 0) is 4.79 Å². The molecule has 0 aromatic heterocycles. The number of carboxylic acids is 1. The quantitative estimate of drug-likeness (QED) is 0.576. The van der Waals surface area contributed by atoms with Crippen LogP contribution in [0.1, 0.15) is 12.8 Å². The Hall–Kier alpha value is -0.640. The molecule has 0 unspecified atom stereocenters. The van der Waals surface area contributed by atoms with Gasteiger partial charge in [-0.2, -0.15) is 0 Å². The number of alkyl halides is 1. The highest BCUT2D eigenvalue weighted by Gasteiger charge is 2.03. The minimum atomic E-state index is -0.932. The SMILES string of the molecule is N[C@H](CF)CCC(=O)O. The predicted octanol–water partition coefficient (Wildman–Crippen LogP) is 0.148. The van der Waals surface area contributed by atoms with Crippen molar-refractivity contribution in [2.24, 2.45) is 5.73 Å². The minimum Gasteiger partial charge on any atom is -0.481 e. The summed E-state index contributed by atoms with van der Waals surface area (Å²) >= 11 is 0. The third-order valence-electron chi connectivity index (χ3n) is 0.927. The Morgan fingerprint density at radius 1 is 1.78 bits per heavy atom. The fourth-order valence-corrected chi connectivity index (χ4v) is 0.386. The van der Waals surface area contributed by atoms with E-state index in [0.717, 1.165) is 0 Å². The van der Waals surface area contributed by atoms with Crippen LogP contribution in [0.25, 0.3) is 0 Å². The molecule has 3 nitrogen and oxygen atoms in total. The molecule has 1 atom stereocenters. The van der Waals surface area contributed by atoms with E-state index in [1.54, 1.807) is 0 Å². The van der Waals surface area contributed by atoms with Crippen molar-refractivity contribution in [1.82, 2.24) is 0 Å². The fraction of sp³-hybridized carbons (Fsp3) is 0.800. The summed E-state index contributed by atoms with van der Waals surface area (Å²) in [6, 6.07) is -0.610. The van der Waals surface area contributed by atoms with Gasteiger partial charge in [0.1, 0.15) is 6.67 Å². The van der Waals surface area contributed by atoms with Gasteiger partial charge < -0.3 is 10.8 Å². The van der Waals surface area contributed by atoms with Crippen molar-refractivity contribution in [2.75, 3.05) is 6.67 Å². The number of hydrogen-bond acceptors (Lipinski definition) is 2. The van der Waals surface area contributed by atoms with Crippen molar-refractivity contribution in [3.05, 3.63) is 0 Å². The average Bonchev–Trinajstić information content (AvgIpc) is 1.83. The van der Waals surface area contributed by atoms with Crippen LogP contribution < -0.4 is 5.73 Å². The summed E-state index contributed by atoms with van der Waals surface area (Å²) in [5, 5.41) is 8.08. The number of rotatable bonds is 4. The Morgan fingerprint density at radius 3 is 2.67 bits per heavy atom. The molecule has 0 spiro atoms. The van der Waals surface area contributed by atoms with E-state index in [4.69, 9.17) is 10.8 Å². The first-order valence-electron chi connectivity index (χ1n) is 2.70. The highest BCUT2D eigenvalue weighted by atomic mass is 19.1. The molecule has 0 saturated heterocycles. The zero-order valence-electron chi connectivity index (χ0n) is 5.01. The molecule has 0 heterocycles. The molecule has 3 N–H and O–H groups in total. The molecule has 0 aliphatic heterocycles. The smallest absolute Gasteiger partial charge is 0.303 e. The van der Waals surface area contributed by atoms with Gasteiger partial charge in [-0.05, 0) is 6.42 Å². The van der Waals surface area contributed by atoms with Crippen LogP contribution in [0.4, 0.5) is 4.39 Å². The molecule has 4 heteroatoms. The Labute approximate surface area is 52.7 Å². The topological polar surface area (TPSA) is 63.3 Å². The minimum absolute atomic E-state index is 0.0505. The second kappa shape index (κ2) is 4.26. The number of aliphatic carboxylic acids is 1. The molecule has 0 aliphatic carbocycles. The number of nitrogens with two attached hydrogens (primary N) is 1. The van der Waals surface area contributed by atoms with E-state index in [1.165, 1.54) is 0 Å². The molecule has 0 saturated carbocycles. The monoisotopic (exact) mass is 135 g/mol. The second-order valence-electron chi connectivity index (χ2n) is 1.85. The van der Waals surface area contributed by atoms with E-state index in [2.05, 4.69) is 0 Å². The van der Waals surface area contributed by atoms with Gasteiger partial charge in [-0.3, -0.25) is 4.79 Å². The van der Waals surface area contributed by atoms with Gasteiger partial charge in [0.05, 0.1) is 0 Å². The summed E-state index contributed by atoms with van der Waals surface area (Å²) in [5.41, 5.74) is 5.08. The summed E-state index contributed by atoms with van der Waals surface area (Å²) in [6.07, 6.45) is 0.164. The molecule has 54 valence electrons. The molecular weight excluding hydrogens is 125 g/mol. The lowest BCUT2D eigenvalue weighted by molar-refractivity contribution is -0.137. The lowest BCUT2D eigenvalue weighted by Crippen LogP contribution is -2.22. The van der Waals surface area contributed by atoms with E-state index in [-0.39, 0.29) is 12.8 Å². The van der Waals surface area contributed by atoms with Gasteiger partial charge in [0, 0.05) is 12.5 Å². The van der Waals surface area contributed by atoms with E-state index in [0.29, 0.717) is 0 Å². The molecule has 0 aromatic rings. The zero-order chi connectivity index (χ0) is 7.28. The van der Waals surface area contributed by atoms with E-state index < -0.39 is 18.7 Å². The van der Waals surface area contributed by atoms with Crippen LogP contribution in [0, 0.1) is 0 Å². The third kappa shape index (κ3) is 5.23. The second-order valence-corrected chi connectivity index (χ2v) is 1.85. The molecule has 0 aliphatic rings. The van der Waals surface area contributed by atoms with E-state index >= 15 is 0 Å². The first-order chi connectivity index (χ1) is 4.16. The number of carbonyl (C=O) groups is 1. The normalized spacial score (nSPS) is 13.1. The van der Waals surface area contributed by atoms with Crippen LogP contribution in [0.5, 0.6) is 0 Å². The van der Waals surface area contributed by atoms with Gasteiger partial charge in [0.2, 0.25) is 0 Å². The molecule has 0 radical (unpaired) electrons. The van der Waals surface area contributed by atoms with Crippen LogP contribution in [0.3, 0.4) is 0 Å². The van der Waals surface area contributed by atoms with Gasteiger partial charge in [0.15, 0.2) is 0 Å². The molecule has 0 bridgehead atoms. The van der Waals surface area contributed by atoms with Crippen molar-refractivity contribution in [1.29, 1.82) is 0 Å². The Balaban J connectivity index is 3.16. The lowest BCUT2D eigenvalue weighted by Gasteiger charge is -2.01. The van der Waals surface area contributed by atoms with Gasteiger partial charge in [-0.25, -0.2) is 4.39 Å². The molecular formula is C5H10FNO2. The third-order valence-corrected chi connectivity index (χ3v) is 0.927.